The number of hydrogen-bond donors (Lipinski definition) is 1. The van der Waals surface area contributed by atoms with E-state index in [1.807, 2.05) is 31.2 Å². The van der Waals surface area contributed by atoms with Crippen molar-refractivity contribution in [2.24, 2.45) is 5.73 Å². The highest BCUT2D eigenvalue weighted by molar-refractivity contribution is 5.94. The summed E-state index contributed by atoms with van der Waals surface area (Å²) >= 11 is 0. The van der Waals surface area contributed by atoms with Crippen LogP contribution in [0.1, 0.15) is 34.9 Å². The number of hydrogen-bond acceptors (Lipinski definition) is 4. The van der Waals surface area contributed by atoms with E-state index in [0.29, 0.717) is 41.2 Å². The summed E-state index contributed by atoms with van der Waals surface area (Å²) in [6.45, 7) is 4.99. The molecule has 0 amide bonds. The van der Waals surface area contributed by atoms with Crippen molar-refractivity contribution in [1.82, 2.24) is 0 Å². The maximum atomic E-state index is 15.2. The minimum absolute atomic E-state index is 0.131. The quantitative estimate of drug-likeness (QED) is 0.355. The van der Waals surface area contributed by atoms with Crippen molar-refractivity contribution in [1.29, 1.82) is 0 Å². The molecule has 4 aromatic rings. The maximum Gasteiger partial charge on any atom is 0.142 e. The predicted molar refractivity (Wildman–Crippen MR) is 125 cm³/mol. The first-order chi connectivity index (χ1) is 15.5. The SMILES string of the molecule is CCc1ccc(C)cc1OCc1cc(-c2cccc(CN)c2F)c2oc(COC)cc2c1. The van der Waals surface area contributed by atoms with Gasteiger partial charge in [-0.15, -0.1) is 0 Å². The molecule has 0 aliphatic carbocycles. The molecular formula is C27H28FNO3. The van der Waals surface area contributed by atoms with Gasteiger partial charge in [-0.05, 0) is 54.3 Å². The summed E-state index contributed by atoms with van der Waals surface area (Å²) in [5.41, 5.74) is 11.2. The molecular weight excluding hydrogens is 405 g/mol. The average molecular weight is 434 g/mol. The lowest BCUT2D eigenvalue weighted by molar-refractivity contribution is 0.166. The van der Waals surface area contributed by atoms with E-state index >= 15 is 4.39 Å². The lowest BCUT2D eigenvalue weighted by Crippen LogP contribution is -2.02. The number of rotatable bonds is 8. The van der Waals surface area contributed by atoms with Gasteiger partial charge in [-0.2, -0.15) is 0 Å². The largest absolute Gasteiger partial charge is 0.489 e. The molecule has 1 aromatic heterocycles. The molecule has 0 saturated heterocycles. The minimum Gasteiger partial charge on any atom is -0.489 e. The van der Waals surface area contributed by atoms with E-state index in [0.717, 1.165) is 34.2 Å². The summed E-state index contributed by atoms with van der Waals surface area (Å²) in [6.07, 6.45) is 0.888. The van der Waals surface area contributed by atoms with Crippen molar-refractivity contribution in [2.45, 2.75) is 40.0 Å². The molecule has 3 aromatic carbocycles. The van der Waals surface area contributed by atoms with Crippen LogP contribution in [-0.2, 0) is 30.9 Å². The Morgan fingerprint density at radius 3 is 2.56 bits per heavy atom. The van der Waals surface area contributed by atoms with Crippen LogP contribution in [0.3, 0.4) is 0 Å². The molecule has 5 heteroatoms. The van der Waals surface area contributed by atoms with Gasteiger partial charge in [0.2, 0.25) is 0 Å². The number of methoxy groups -OCH3 is 1. The Hall–Kier alpha value is -3.15. The molecule has 0 spiro atoms. The topological polar surface area (TPSA) is 57.6 Å². The Bertz CT molecular complexity index is 1250. The first kappa shape index (κ1) is 22.1. The normalized spacial score (nSPS) is 11.3. The van der Waals surface area contributed by atoms with Crippen molar-refractivity contribution >= 4 is 11.0 Å². The van der Waals surface area contributed by atoms with Gasteiger partial charge in [0.15, 0.2) is 0 Å². The molecule has 0 aliphatic rings. The predicted octanol–water partition coefficient (Wildman–Crippen LogP) is 6.29. The van der Waals surface area contributed by atoms with E-state index in [9.17, 15) is 0 Å². The number of aryl methyl sites for hydroxylation is 2. The van der Waals surface area contributed by atoms with Gasteiger partial charge in [0, 0.05) is 35.7 Å². The number of nitrogens with two attached hydrogens (primary N) is 1. The van der Waals surface area contributed by atoms with Crippen LogP contribution in [0.15, 0.2) is 59.0 Å². The fourth-order valence-electron chi connectivity index (χ4n) is 3.96. The molecule has 4 rings (SSSR count). The van der Waals surface area contributed by atoms with Gasteiger partial charge in [-0.1, -0.05) is 37.3 Å². The zero-order valence-corrected chi connectivity index (χ0v) is 18.7. The fraction of sp³-hybridized carbons (Fsp3) is 0.259. The second kappa shape index (κ2) is 9.55. The first-order valence-electron chi connectivity index (χ1n) is 10.8. The second-order valence-electron chi connectivity index (χ2n) is 7.94. The molecule has 0 fully saturated rings. The van der Waals surface area contributed by atoms with Gasteiger partial charge >= 0.3 is 0 Å². The molecule has 0 radical (unpaired) electrons. The first-order valence-corrected chi connectivity index (χ1v) is 10.8. The fourth-order valence-corrected chi connectivity index (χ4v) is 3.96. The van der Waals surface area contributed by atoms with Gasteiger partial charge in [0.25, 0.3) is 0 Å². The Labute approximate surface area is 187 Å². The summed E-state index contributed by atoms with van der Waals surface area (Å²) < 4.78 is 32.6. The highest BCUT2D eigenvalue weighted by Gasteiger charge is 2.17. The monoisotopic (exact) mass is 433 g/mol. The molecule has 4 nitrogen and oxygen atoms in total. The van der Waals surface area contributed by atoms with Crippen LogP contribution in [0.25, 0.3) is 22.1 Å². The maximum absolute atomic E-state index is 15.2. The summed E-state index contributed by atoms with van der Waals surface area (Å²) in [5.74, 6) is 1.23. The second-order valence-corrected chi connectivity index (χ2v) is 7.94. The van der Waals surface area contributed by atoms with Crippen molar-refractivity contribution in [3.8, 4) is 16.9 Å². The summed E-state index contributed by atoms with van der Waals surface area (Å²) in [4.78, 5) is 0. The van der Waals surface area contributed by atoms with E-state index in [1.165, 1.54) is 0 Å². The number of fused-ring (bicyclic) bond motifs is 1. The third-order valence-electron chi connectivity index (χ3n) is 5.60. The van der Waals surface area contributed by atoms with E-state index in [2.05, 4.69) is 25.1 Å². The third-order valence-corrected chi connectivity index (χ3v) is 5.60. The van der Waals surface area contributed by atoms with Crippen LogP contribution in [0, 0.1) is 12.7 Å². The third kappa shape index (κ3) is 4.40. The van der Waals surface area contributed by atoms with Crippen molar-refractivity contribution < 1.29 is 18.3 Å². The molecule has 0 saturated carbocycles. The highest BCUT2D eigenvalue weighted by atomic mass is 19.1. The van der Waals surface area contributed by atoms with Crippen molar-refractivity contribution in [3.05, 3.63) is 88.4 Å². The molecule has 0 unspecified atom stereocenters. The molecule has 2 N–H and O–H groups in total. The standard InChI is InChI=1S/C27H28FNO3/c1-4-19-9-8-17(2)10-25(19)31-15-18-11-21-13-22(16-30-3)32-27(21)24(12-18)23-7-5-6-20(14-29)26(23)28/h5-13H,4,14-16,29H2,1-3H3. The van der Waals surface area contributed by atoms with Gasteiger partial charge in [-0.3, -0.25) is 0 Å². The molecule has 166 valence electrons. The molecule has 0 aliphatic heterocycles. The van der Waals surface area contributed by atoms with Gasteiger partial charge in [-0.25, -0.2) is 4.39 Å². The van der Waals surface area contributed by atoms with E-state index in [4.69, 9.17) is 19.6 Å². The van der Waals surface area contributed by atoms with E-state index < -0.39 is 0 Å². The summed E-state index contributed by atoms with van der Waals surface area (Å²) in [5, 5.41) is 0.880. The van der Waals surface area contributed by atoms with Gasteiger partial charge < -0.3 is 19.6 Å². The zero-order valence-electron chi connectivity index (χ0n) is 18.7. The number of halogens is 1. The van der Waals surface area contributed by atoms with Crippen LogP contribution in [0.2, 0.25) is 0 Å². The van der Waals surface area contributed by atoms with E-state index in [-0.39, 0.29) is 12.4 Å². The van der Waals surface area contributed by atoms with Crippen LogP contribution in [-0.4, -0.2) is 7.11 Å². The molecule has 32 heavy (non-hydrogen) atoms. The van der Waals surface area contributed by atoms with Crippen LogP contribution >= 0.6 is 0 Å². The smallest absolute Gasteiger partial charge is 0.142 e. The Balaban J connectivity index is 1.78. The zero-order chi connectivity index (χ0) is 22.7. The highest BCUT2D eigenvalue weighted by Crippen LogP contribution is 2.35. The van der Waals surface area contributed by atoms with Crippen LogP contribution < -0.4 is 10.5 Å². The lowest BCUT2D eigenvalue weighted by Gasteiger charge is -2.13. The van der Waals surface area contributed by atoms with E-state index in [1.54, 1.807) is 19.2 Å². The van der Waals surface area contributed by atoms with Crippen molar-refractivity contribution in [2.75, 3.05) is 7.11 Å². The number of ether oxygens (including phenoxy) is 2. The van der Waals surface area contributed by atoms with Gasteiger partial charge in [0.1, 0.15) is 36.1 Å². The lowest BCUT2D eigenvalue weighted by atomic mass is 9.98. The van der Waals surface area contributed by atoms with Crippen LogP contribution in [0.5, 0.6) is 5.75 Å². The minimum atomic E-state index is -0.328. The summed E-state index contributed by atoms with van der Waals surface area (Å²) in [6, 6.07) is 17.4. The van der Waals surface area contributed by atoms with Crippen LogP contribution in [0.4, 0.5) is 4.39 Å². The van der Waals surface area contributed by atoms with Crippen molar-refractivity contribution in [3.63, 3.8) is 0 Å². The Morgan fingerprint density at radius 2 is 1.81 bits per heavy atom. The summed E-state index contributed by atoms with van der Waals surface area (Å²) in [7, 11) is 1.62. The Kier molecular flexibility index (Phi) is 6.58. The molecule has 0 atom stereocenters. The average Bonchev–Trinajstić information content (AvgIpc) is 3.20. The number of furan rings is 1. The number of benzene rings is 3. The molecule has 1 heterocycles. The Morgan fingerprint density at radius 1 is 0.969 bits per heavy atom. The van der Waals surface area contributed by atoms with Gasteiger partial charge in [0.05, 0.1) is 0 Å². The molecule has 0 bridgehead atoms.